The van der Waals surface area contributed by atoms with Gasteiger partial charge in [0.15, 0.2) is 11.6 Å². The molecule has 2 aromatic heterocycles. The molecule has 3 aromatic rings. The van der Waals surface area contributed by atoms with Crippen LogP contribution in [0.3, 0.4) is 0 Å². The van der Waals surface area contributed by atoms with Gasteiger partial charge in [-0.3, -0.25) is 9.59 Å². The molecule has 0 radical (unpaired) electrons. The molecule has 0 unspecified atom stereocenters. The summed E-state index contributed by atoms with van der Waals surface area (Å²) >= 11 is 0. The van der Waals surface area contributed by atoms with Gasteiger partial charge in [-0.05, 0) is 42.3 Å². The van der Waals surface area contributed by atoms with E-state index in [2.05, 4.69) is 28.9 Å². The minimum atomic E-state index is -0.258. The van der Waals surface area contributed by atoms with Crippen LogP contribution in [-0.4, -0.2) is 85.3 Å². The fourth-order valence-corrected chi connectivity index (χ4v) is 4.38. The Hall–Kier alpha value is -4.08. The topological polar surface area (TPSA) is 101 Å². The Bertz CT molecular complexity index is 1210. The van der Waals surface area contributed by atoms with E-state index in [1.807, 2.05) is 30.3 Å². The molecular formula is C28H35N5O5. The Morgan fingerprint density at radius 2 is 1.84 bits per heavy atom. The Morgan fingerprint density at radius 1 is 1.05 bits per heavy atom. The Morgan fingerprint density at radius 3 is 2.45 bits per heavy atom. The molecule has 0 spiro atoms. The normalized spacial score (nSPS) is 14.2. The molecule has 202 valence electrons. The lowest BCUT2D eigenvalue weighted by Crippen LogP contribution is -2.52. The number of rotatable bonds is 10. The van der Waals surface area contributed by atoms with Crippen molar-refractivity contribution in [3.63, 3.8) is 0 Å². The number of nitrogens with zero attached hydrogens (tertiary/aromatic N) is 5. The maximum absolute atomic E-state index is 13.1. The van der Waals surface area contributed by atoms with Crippen molar-refractivity contribution >= 4 is 17.6 Å². The second-order valence-corrected chi connectivity index (χ2v) is 9.39. The first-order valence-corrected chi connectivity index (χ1v) is 12.8. The summed E-state index contributed by atoms with van der Waals surface area (Å²) in [6.45, 7) is 7.02. The molecule has 1 aliphatic heterocycles. The van der Waals surface area contributed by atoms with Gasteiger partial charge < -0.3 is 28.6 Å². The quantitative estimate of drug-likeness (QED) is 0.399. The van der Waals surface area contributed by atoms with Crippen LogP contribution in [0.1, 0.15) is 30.8 Å². The highest BCUT2D eigenvalue weighted by Crippen LogP contribution is 2.32. The molecule has 1 saturated heterocycles. The number of hydrogen-bond donors (Lipinski definition) is 0. The SMILES string of the molecule is CC[C@@H](C)CN(CC(=O)N1CCN(c2ccc(-c3ccc(OC)cc3OC)nn2)CC1)C(=O)c1ccco1. The zero-order valence-electron chi connectivity index (χ0n) is 22.4. The third-order valence-corrected chi connectivity index (χ3v) is 6.87. The Labute approximate surface area is 223 Å². The molecular weight excluding hydrogens is 486 g/mol. The van der Waals surface area contributed by atoms with E-state index < -0.39 is 0 Å². The Kier molecular flexibility index (Phi) is 8.83. The number of aromatic nitrogens is 2. The fraction of sp³-hybridized carbons (Fsp3) is 0.429. The van der Waals surface area contributed by atoms with Gasteiger partial charge in [-0.15, -0.1) is 10.2 Å². The molecule has 10 nitrogen and oxygen atoms in total. The molecule has 0 aliphatic carbocycles. The van der Waals surface area contributed by atoms with E-state index in [-0.39, 0.29) is 30.0 Å². The largest absolute Gasteiger partial charge is 0.497 e. The van der Waals surface area contributed by atoms with Crippen LogP contribution >= 0.6 is 0 Å². The molecule has 1 aliphatic rings. The standard InChI is InChI=1S/C28H35N5O5/c1-5-20(2)18-33(28(35)24-7-6-16-38-24)19-27(34)32-14-12-31(13-15-32)26-11-10-23(29-30-26)22-9-8-21(36-3)17-25(22)37-4/h6-11,16-17,20H,5,12-15,18-19H2,1-4H3/t20-/m1/s1. The number of amides is 2. The highest BCUT2D eigenvalue weighted by atomic mass is 16.5. The van der Waals surface area contributed by atoms with Gasteiger partial charge in [0.05, 0.1) is 26.2 Å². The molecule has 1 atom stereocenters. The second-order valence-electron chi connectivity index (χ2n) is 9.39. The summed E-state index contributed by atoms with van der Waals surface area (Å²) in [6, 6.07) is 12.7. The van der Waals surface area contributed by atoms with Gasteiger partial charge in [-0.2, -0.15) is 0 Å². The summed E-state index contributed by atoms with van der Waals surface area (Å²) < 4.78 is 16.1. The van der Waals surface area contributed by atoms with Crippen molar-refractivity contribution in [2.45, 2.75) is 20.3 Å². The highest BCUT2D eigenvalue weighted by molar-refractivity contribution is 5.94. The van der Waals surface area contributed by atoms with Gasteiger partial charge in [0.1, 0.15) is 18.0 Å². The van der Waals surface area contributed by atoms with Crippen molar-refractivity contribution in [1.29, 1.82) is 0 Å². The van der Waals surface area contributed by atoms with E-state index >= 15 is 0 Å². The lowest BCUT2D eigenvalue weighted by molar-refractivity contribution is -0.132. The number of carbonyl (C=O) groups is 2. The number of benzene rings is 1. The number of ether oxygens (including phenoxy) is 2. The highest BCUT2D eigenvalue weighted by Gasteiger charge is 2.27. The van der Waals surface area contributed by atoms with Gasteiger partial charge in [0.25, 0.3) is 5.91 Å². The summed E-state index contributed by atoms with van der Waals surface area (Å²) in [5.74, 6) is 2.31. The van der Waals surface area contributed by atoms with Crippen molar-refractivity contribution in [2.24, 2.45) is 5.92 Å². The lowest BCUT2D eigenvalue weighted by atomic mass is 10.1. The molecule has 38 heavy (non-hydrogen) atoms. The number of carbonyl (C=O) groups excluding carboxylic acids is 2. The third-order valence-electron chi connectivity index (χ3n) is 6.87. The smallest absolute Gasteiger partial charge is 0.290 e. The predicted octanol–water partition coefficient (Wildman–Crippen LogP) is 3.59. The van der Waals surface area contributed by atoms with Crippen molar-refractivity contribution in [3.05, 3.63) is 54.5 Å². The van der Waals surface area contributed by atoms with Gasteiger partial charge in [-0.25, -0.2) is 0 Å². The zero-order valence-corrected chi connectivity index (χ0v) is 22.4. The summed E-state index contributed by atoms with van der Waals surface area (Å²) in [7, 11) is 3.22. The van der Waals surface area contributed by atoms with Crippen LogP contribution in [-0.2, 0) is 4.79 Å². The van der Waals surface area contributed by atoms with Crippen molar-refractivity contribution < 1.29 is 23.5 Å². The summed E-state index contributed by atoms with van der Waals surface area (Å²) in [4.78, 5) is 31.6. The van der Waals surface area contributed by atoms with E-state index in [4.69, 9.17) is 13.9 Å². The van der Waals surface area contributed by atoms with Gasteiger partial charge >= 0.3 is 0 Å². The summed E-state index contributed by atoms with van der Waals surface area (Å²) in [5.41, 5.74) is 1.53. The van der Waals surface area contributed by atoms with E-state index in [1.54, 1.807) is 36.2 Å². The average Bonchev–Trinajstić information content (AvgIpc) is 3.51. The third kappa shape index (κ3) is 6.24. The van der Waals surface area contributed by atoms with Crippen LogP contribution < -0.4 is 14.4 Å². The van der Waals surface area contributed by atoms with Crippen LogP contribution in [0.15, 0.2) is 53.1 Å². The first kappa shape index (κ1) is 27.0. The van der Waals surface area contributed by atoms with Crippen LogP contribution in [0.2, 0.25) is 0 Å². The van der Waals surface area contributed by atoms with Crippen LogP contribution in [0.5, 0.6) is 11.5 Å². The molecule has 0 N–H and O–H groups in total. The molecule has 10 heteroatoms. The van der Waals surface area contributed by atoms with Crippen LogP contribution in [0, 0.1) is 5.92 Å². The molecule has 0 saturated carbocycles. The summed E-state index contributed by atoms with van der Waals surface area (Å²) in [5, 5.41) is 8.85. The number of hydrogen-bond acceptors (Lipinski definition) is 8. The van der Waals surface area contributed by atoms with E-state index in [0.29, 0.717) is 49.9 Å². The Balaban J connectivity index is 1.36. The van der Waals surface area contributed by atoms with Crippen LogP contribution in [0.4, 0.5) is 5.82 Å². The van der Waals surface area contributed by atoms with E-state index in [0.717, 1.165) is 17.8 Å². The molecule has 1 aromatic carbocycles. The van der Waals surface area contributed by atoms with E-state index in [1.165, 1.54) is 6.26 Å². The van der Waals surface area contributed by atoms with E-state index in [9.17, 15) is 9.59 Å². The number of methoxy groups -OCH3 is 2. The lowest BCUT2D eigenvalue weighted by Gasteiger charge is -2.36. The molecule has 4 rings (SSSR count). The molecule has 2 amide bonds. The van der Waals surface area contributed by atoms with Crippen molar-refractivity contribution in [3.8, 4) is 22.8 Å². The second kappa shape index (κ2) is 12.4. The molecule has 1 fully saturated rings. The molecule has 0 bridgehead atoms. The number of piperazine rings is 1. The van der Waals surface area contributed by atoms with Crippen molar-refractivity contribution in [1.82, 2.24) is 20.0 Å². The average molecular weight is 522 g/mol. The van der Waals surface area contributed by atoms with Gasteiger partial charge in [0.2, 0.25) is 5.91 Å². The van der Waals surface area contributed by atoms with Crippen LogP contribution in [0.25, 0.3) is 11.3 Å². The first-order chi connectivity index (χ1) is 18.4. The minimum absolute atomic E-state index is 0.0298. The maximum Gasteiger partial charge on any atom is 0.290 e. The fourth-order valence-electron chi connectivity index (χ4n) is 4.38. The molecule has 3 heterocycles. The van der Waals surface area contributed by atoms with Gasteiger partial charge in [0, 0.05) is 44.4 Å². The monoisotopic (exact) mass is 521 g/mol. The van der Waals surface area contributed by atoms with Crippen molar-refractivity contribution in [2.75, 3.05) is 58.4 Å². The predicted molar refractivity (Wildman–Crippen MR) is 143 cm³/mol. The summed E-state index contributed by atoms with van der Waals surface area (Å²) in [6.07, 6.45) is 2.39. The number of anilines is 1. The first-order valence-electron chi connectivity index (χ1n) is 12.8. The zero-order chi connectivity index (χ0) is 27.1. The van der Waals surface area contributed by atoms with Gasteiger partial charge in [-0.1, -0.05) is 20.3 Å². The minimum Gasteiger partial charge on any atom is -0.497 e. The maximum atomic E-state index is 13.1. The number of furan rings is 1.